The monoisotopic (exact) mass is 386 g/mol. The van der Waals surface area contributed by atoms with Crippen LogP contribution in [0.15, 0.2) is 84.9 Å². The first kappa shape index (κ1) is 17.7. The summed E-state index contributed by atoms with van der Waals surface area (Å²) < 4.78 is 0. The summed E-state index contributed by atoms with van der Waals surface area (Å²) in [6.07, 6.45) is 12.2. The molecule has 0 bridgehead atoms. The third-order valence-corrected chi connectivity index (χ3v) is 6.88. The molecule has 0 amide bonds. The van der Waals surface area contributed by atoms with Crippen molar-refractivity contribution in [1.29, 1.82) is 0 Å². The van der Waals surface area contributed by atoms with Gasteiger partial charge in [-0.1, -0.05) is 84.9 Å². The van der Waals surface area contributed by atoms with Crippen molar-refractivity contribution in [3.8, 4) is 0 Å². The summed E-state index contributed by atoms with van der Waals surface area (Å²) in [6, 6.07) is 27.1. The maximum Gasteiger partial charge on any atom is -0.00235 e. The van der Waals surface area contributed by atoms with Crippen LogP contribution in [0.2, 0.25) is 0 Å². The molecule has 0 nitrogen and oxygen atoms in total. The molecule has 4 aromatic carbocycles. The highest BCUT2D eigenvalue weighted by Gasteiger charge is 2.22. The second kappa shape index (κ2) is 7.29. The van der Waals surface area contributed by atoms with Gasteiger partial charge in [-0.25, -0.2) is 0 Å². The minimum absolute atomic E-state index is 1.11. The van der Waals surface area contributed by atoms with E-state index in [1.54, 1.807) is 5.57 Å². The average molecular weight is 387 g/mol. The minimum Gasteiger partial charge on any atom is -0.0807 e. The van der Waals surface area contributed by atoms with E-state index in [9.17, 15) is 0 Å². The van der Waals surface area contributed by atoms with Crippen molar-refractivity contribution in [2.24, 2.45) is 0 Å². The van der Waals surface area contributed by atoms with E-state index in [0.717, 1.165) is 12.8 Å². The summed E-state index contributed by atoms with van der Waals surface area (Å²) in [5, 5.41) is 5.59. The molecule has 0 saturated carbocycles. The van der Waals surface area contributed by atoms with E-state index >= 15 is 0 Å². The summed E-state index contributed by atoms with van der Waals surface area (Å²) in [7, 11) is 0. The SMILES string of the molecule is C1=C(c2c3ccccc3c(C3=CCCc4ccccc43)c3ccccc23)CCCC1. The van der Waals surface area contributed by atoms with Crippen LogP contribution < -0.4 is 0 Å². The van der Waals surface area contributed by atoms with Crippen LogP contribution in [0.25, 0.3) is 32.7 Å². The topological polar surface area (TPSA) is 0 Å². The molecule has 30 heavy (non-hydrogen) atoms. The van der Waals surface area contributed by atoms with E-state index in [1.165, 1.54) is 75.1 Å². The van der Waals surface area contributed by atoms with Crippen LogP contribution >= 0.6 is 0 Å². The summed E-state index contributed by atoms with van der Waals surface area (Å²) in [4.78, 5) is 0. The van der Waals surface area contributed by atoms with Gasteiger partial charge >= 0.3 is 0 Å². The van der Waals surface area contributed by atoms with Crippen molar-refractivity contribution in [2.75, 3.05) is 0 Å². The Kier molecular flexibility index (Phi) is 4.30. The van der Waals surface area contributed by atoms with Gasteiger partial charge in [0.2, 0.25) is 0 Å². The van der Waals surface area contributed by atoms with Gasteiger partial charge in [-0.3, -0.25) is 0 Å². The van der Waals surface area contributed by atoms with Gasteiger partial charge in [0.25, 0.3) is 0 Å². The molecule has 0 fully saturated rings. The van der Waals surface area contributed by atoms with E-state index in [0.29, 0.717) is 0 Å². The van der Waals surface area contributed by atoms with Crippen LogP contribution in [0.4, 0.5) is 0 Å². The van der Waals surface area contributed by atoms with E-state index in [1.807, 2.05) is 0 Å². The highest BCUT2D eigenvalue weighted by molar-refractivity contribution is 6.17. The van der Waals surface area contributed by atoms with E-state index in [-0.39, 0.29) is 0 Å². The zero-order valence-electron chi connectivity index (χ0n) is 17.3. The van der Waals surface area contributed by atoms with Crippen LogP contribution in [-0.4, -0.2) is 0 Å². The van der Waals surface area contributed by atoms with E-state index in [4.69, 9.17) is 0 Å². The fourth-order valence-corrected chi connectivity index (χ4v) is 5.55. The Hall–Kier alpha value is -3.12. The molecular weight excluding hydrogens is 360 g/mol. The first-order valence-corrected chi connectivity index (χ1v) is 11.3. The Morgan fingerprint density at radius 3 is 1.80 bits per heavy atom. The molecule has 2 aliphatic carbocycles. The fourth-order valence-electron chi connectivity index (χ4n) is 5.55. The van der Waals surface area contributed by atoms with Gasteiger partial charge in [0, 0.05) is 0 Å². The quantitative estimate of drug-likeness (QED) is 0.304. The molecule has 4 aromatic rings. The second-order valence-electron chi connectivity index (χ2n) is 8.63. The van der Waals surface area contributed by atoms with E-state index < -0.39 is 0 Å². The third kappa shape index (κ3) is 2.75. The van der Waals surface area contributed by atoms with Crippen molar-refractivity contribution < 1.29 is 0 Å². The molecule has 0 heterocycles. The molecule has 0 radical (unpaired) electrons. The Morgan fingerprint density at radius 1 is 0.500 bits per heavy atom. The summed E-state index contributed by atoms with van der Waals surface area (Å²) in [5.74, 6) is 0. The lowest BCUT2D eigenvalue weighted by atomic mass is 9.79. The predicted octanol–water partition coefficient (Wildman–Crippen LogP) is 8.33. The number of hydrogen-bond donors (Lipinski definition) is 0. The van der Waals surface area contributed by atoms with Gasteiger partial charge in [-0.2, -0.15) is 0 Å². The highest BCUT2D eigenvalue weighted by Crippen LogP contribution is 2.44. The Morgan fingerprint density at radius 2 is 1.13 bits per heavy atom. The molecule has 0 aromatic heterocycles. The van der Waals surface area contributed by atoms with Crippen molar-refractivity contribution in [2.45, 2.75) is 38.5 Å². The maximum absolute atomic E-state index is 2.49. The Labute approximate surface area is 178 Å². The minimum atomic E-state index is 1.11. The van der Waals surface area contributed by atoms with Crippen LogP contribution in [0, 0.1) is 0 Å². The molecule has 0 unspecified atom stereocenters. The molecule has 0 atom stereocenters. The molecule has 2 aliphatic rings. The number of aryl methyl sites for hydroxylation is 1. The lowest BCUT2D eigenvalue weighted by molar-refractivity contribution is 0.743. The largest absolute Gasteiger partial charge is 0.0807 e. The first-order chi connectivity index (χ1) is 14.9. The predicted molar refractivity (Wildman–Crippen MR) is 130 cm³/mol. The standard InChI is InChI=1S/C30H26/c1-2-12-22(13-3-1)29-25-16-6-8-18-27(25)30(28-19-9-7-17-26(28)29)24-20-10-14-21-11-4-5-15-23(21)24/h4-9,11-12,15-20H,1-3,10,13-14H2. The van der Waals surface area contributed by atoms with Gasteiger partial charge in [-0.05, 0) is 93.5 Å². The van der Waals surface area contributed by atoms with Crippen molar-refractivity contribution in [3.63, 3.8) is 0 Å². The number of rotatable bonds is 2. The fraction of sp³-hybridized carbons (Fsp3) is 0.200. The van der Waals surface area contributed by atoms with Gasteiger partial charge in [0.05, 0.1) is 0 Å². The van der Waals surface area contributed by atoms with Crippen LogP contribution in [-0.2, 0) is 6.42 Å². The molecule has 0 spiro atoms. The number of fused-ring (bicyclic) bond motifs is 3. The number of hydrogen-bond acceptors (Lipinski definition) is 0. The van der Waals surface area contributed by atoms with Crippen LogP contribution in [0.5, 0.6) is 0 Å². The van der Waals surface area contributed by atoms with Gasteiger partial charge in [0.15, 0.2) is 0 Å². The number of allylic oxidation sites excluding steroid dienone is 3. The summed E-state index contributed by atoms with van der Waals surface area (Å²) in [5.41, 5.74) is 8.71. The van der Waals surface area contributed by atoms with E-state index in [2.05, 4.69) is 84.9 Å². The Balaban J connectivity index is 1.74. The van der Waals surface area contributed by atoms with Gasteiger partial charge in [0.1, 0.15) is 0 Å². The summed E-state index contributed by atoms with van der Waals surface area (Å²) >= 11 is 0. The summed E-state index contributed by atoms with van der Waals surface area (Å²) in [6.45, 7) is 0. The normalized spacial score (nSPS) is 16.3. The lowest BCUT2D eigenvalue weighted by Crippen LogP contribution is -2.03. The van der Waals surface area contributed by atoms with Crippen LogP contribution in [0.3, 0.4) is 0 Å². The zero-order valence-corrected chi connectivity index (χ0v) is 17.3. The van der Waals surface area contributed by atoms with Gasteiger partial charge < -0.3 is 0 Å². The molecule has 6 rings (SSSR count). The lowest BCUT2D eigenvalue weighted by Gasteiger charge is -2.24. The van der Waals surface area contributed by atoms with Crippen molar-refractivity contribution >= 4 is 32.7 Å². The Bertz CT molecular complexity index is 1280. The smallest absolute Gasteiger partial charge is 0.00235 e. The van der Waals surface area contributed by atoms with Crippen molar-refractivity contribution in [3.05, 3.63) is 107 Å². The molecule has 0 heteroatoms. The maximum atomic E-state index is 2.49. The molecule has 0 N–H and O–H groups in total. The molecule has 0 aliphatic heterocycles. The second-order valence-corrected chi connectivity index (χ2v) is 8.63. The molecule has 0 saturated heterocycles. The zero-order chi connectivity index (χ0) is 19.9. The first-order valence-electron chi connectivity index (χ1n) is 11.3. The van der Waals surface area contributed by atoms with Crippen LogP contribution in [0.1, 0.15) is 54.4 Å². The molecule has 146 valence electrons. The molecular formula is C30H26. The van der Waals surface area contributed by atoms with Crippen molar-refractivity contribution in [1.82, 2.24) is 0 Å². The number of benzene rings is 4. The average Bonchev–Trinajstić information content (AvgIpc) is 2.83. The highest BCUT2D eigenvalue weighted by atomic mass is 14.3. The third-order valence-electron chi connectivity index (χ3n) is 6.88. The van der Waals surface area contributed by atoms with Gasteiger partial charge in [-0.15, -0.1) is 0 Å².